The molecule has 1 heterocycles. The lowest BCUT2D eigenvalue weighted by molar-refractivity contribution is 0.0953. The Morgan fingerprint density at radius 2 is 2.00 bits per heavy atom. The van der Waals surface area contributed by atoms with Crippen LogP contribution in [0.15, 0.2) is 53.0 Å². The lowest BCUT2D eigenvalue weighted by Gasteiger charge is -2.06. The summed E-state index contributed by atoms with van der Waals surface area (Å²) in [6, 6.07) is 15.2. The number of hydrogen-bond acceptors (Lipinski definition) is 3. The van der Waals surface area contributed by atoms with Crippen LogP contribution in [0.2, 0.25) is 0 Å². The molecule has 5 nitrogen and oxygen atoms in total. The van der Waals surface area contributed by atoms with E-state index >= 15 is 0 Å². The minimum absolute atomic E-state index is 0.0602. The highest BCUT2D eigenvalue weighted by Crippen LogP contribution is 2.13. The van der Waals surface area contributed by atoms with Gasteiger partial charge in [-0.1, -0.05) is 34.1 Å². The van der Waals surface area contributed by atoms with Crippen molar-refractivity contribution in [2.75, 3.05) is 18.4 Å². The van der Waals surface area contributed by atoms with E-state index in [0.29, 0.717) is 12.1 Å². The Morgan fingerprint density at radius 3 is 2.83 bits per heavy atom. The number of hydrogen-bond donors (Lipinski definition) is 3. The molecule has 0 spiro atoms. The maximum atomic E-state index is 12.0. The third-order valence-corrected chi connectivity index (χ3v) is 3.90. The number of para-hydroxylation sites is 2. The zero-order valence-electron chi connectivity index (χ0n) is 12.5. The van der Waals surface area contributed by atoms with Crippen LogP contribution in [0.4, 0.5) is 5.95 Å². The lowest BCUT2D eigenvalue weighted by atomic mass is 10.2. The molecule has 3 rings (SSSR count). The summed E-state index contributed by atoms with van der Waals surface area (Å²) in [6.45, 7) is 1.34. The summed E-state index contributed by atoms with van der Waals surface area (Å²) < 4.78 is 0.900. The molecule has 118 valence electrons. The number of nitrogens with zero attached hydrogens (tertiary/aromatic N) is 1. The number of carbonyl (C=O) groups is 1. The van der Waals surface area contributed by atoms with Crippen molar-refractivity contribution < 1.29 is 4.79 Å². The third kappa shape index (κ3) is 4.10. The number of carbonyl (C=O) groups excluding carboxylic acids is 1. The predicted octanol–water partition coefficient (Wildman–Crippen LogP) is 3.56. The minimum Gasteiger partial charge on any atom is -0.356 e. The second kappa shape index (κ2) is 7.28. The summed E-state index contributed by atoms with van der Waals surface area (Å²) in [5.74, 6) is 0.694. The number of fused-ring (bicyclic) bond motifs is 1. The first-order chi connectivity index (χ1) is 11.2. The highest BCUT2D eigenvalue weighted by Gasteiger charge is 2.05. The maximum Gasteiger partial charge on any atom is 0.251 e. The van der Waals surface area contributed by atoms with Crippen molar-refractivity contribution in [3.63, 3.8) is 0 Å². The summed E-state index contributed by atoms with van der Waals surface area (Å²) in [5.41, 5.74) is 2.61. The normalized spacial score (nSPS) is 10.7. The van der Waals surface area contributed by atoms with Crippen LogP contribution in [-0.2, 0) is 0 Å². The molecule has 3 N–H and O–H groups in total. The van der Waals surface area contributed by atoms with Gasteiger partial charge in [-0.15, -0.1) is 0 Å². The van der Waals surface area contributed by atoms with Gasteiger partial charge < -0.3 is 15.6 Å². The number of imidazole rings is 1. The zero-order chi connectivity index (χ0) is 16.1. The number of anilines is 1. The second-order valence-corrected chi connectivity index (χ2v) is 6.06. The largest absolute Gasteiger partial charge is 0.356 e. The van der Waals surface area contributed by atoms with Crippen molar-refractivity contribution in [2.24, 2.45) is 0 Å². The van der Waals surface area contributed by atoms with Crippen LogP contribution in [0.25, 0.3) is 11.0 Å². The standard InChI is InChI=1S/C17H17BrN4O/c18-13-6-3-5-12(11-13)16(23)19-9-4-10-20-17-21-14-7-1-2-8-15(14)22-17/h1-3,5-8,11H,4,9-10H2,(H,19,23)(H2,20,21,22). The maximum absolute atomic E-state index is 12.0. The van der Waals surface area contributed by atoms with Gasteiger partial charge in [-0.3, -0.25) is 4.79 Å². The number of amides is 1. The Hall–Kier alpha value is -2.34. The molecule has 0 fully saturated rings. The molecule has 0 atom stereocenters. The molecular formula is C17H17BrN4O. The van der Waals surface area contributed by atoms with E-state index in [2.05, 4.69) is 36.5 Å². The SMILES string of the molecule is O=C(NCCCNc1nc2ccccc2[nH]1)c1cccc(Br)c1. The average molecular weight is 373 g/mol. The third-order valence-electron chi connectivity index (χ3n) is 3.41. The molecule has 0 unspecified atom stereocenters. The molecule has 1 aromatic heterocycles. The molecule has 6 heteroatoms. The summed E-state index contributed by atoms with van der Waals surface area (Å²) in [4.78, 5) is 19.6. The van der Waals surface area contributed by atoms with Crippen LogP contribution in [0.3, 0.4) is 0 Å². The molecular weight excluding hydrogens is 356 g/mol. The van der Waals surface area contributed by atoms with Gasteiger partial charge in [0.15, 0.2) is 0 Å². The van der Waals surface area contributed by atoms with Crippen molar-refractivity contribution in [3.05, 3.63) is 58.6 Å². The Bertz CT molecular complexity index is 782. The fraction of sp³-hybridized carbons (Fsp3) is 0.176. The molecule has 3 aromatic rings. The first-order valence-electron chi connectivity index (χ1n) is 7.45. The van der Waals surface area contributed by atoms with E-state index in [4.69, 9.17) is 0 Å². The Labute approximate surface area is 142 Å². The molecule has 0 bridgehead atoms. The molecule has 2 aromatic carbocycles. The van der Waals surface area contributed by atoms with E-state index in [1.807, 2.05) is 42.5 Å². The van der Waals surface area contributed by atoms with Gasteiger partial charge >= 0.3 is 0 Å². The van der Waals surface area contributed by atoms with E-state index in [9.17, 15) is 4.79 Å². The summed E-state index contributed by atoms with van der Waals surface area (Å²) in [7, 11) is 0. The van der Waals surface area contributed by atoms with Gasteiger partial charge in [0.2, 0.25) is 5.95 Å². The number of H-pyrrole nitrogens is 1. The molecule has 1 amide bonds. The van der Waals surface area contributed by atoms with E-state index in [1.165, 1.54) is 0 Å². The van der Waals surface area contributed by atoms with Crippen LogP contribution in [-0.4, -0.2) is 29.0 Å². The number of rotatable bonds is 6. The van der Waals surface area contributed by atoms with Gasteiger partial charge in [0, 0.05) is 23.1 Å². The molecule has 0 aliphatic carbocycles. The summed E-state index contributed by atoms with van der Waals surface area (Å²) in [6.07, 6.45) is 0.816. The van der Waals surface area contributed by atoms with E-state index in [0.717, 1.165) is 34.4 Å². The van der Waals surface area contributed by atoms with Gasteiger partial charge in [0.05, 0.1) is 11.0 Å². The van der Waals surface area contributed by atoms with E-state index in [1.54, 1.807) is 6.07 Å². The first-order valence-corrected chi connectivity index (χ1v) is 8.24. The fourth-order valence-corrected chi connectivity index (χ4v) is 2.66. The average Bonchev–Trinajstić information content (AvgIpc) is 2.97. The number of aromatic nitrogens is 2. The Morgan fingerprint density at radius 1 is 1.13 bits per heavy atom. The van der Waals surface area contributed by atoms with Crippen molar-refractivity contribution in [3.8, 4) is 0 Å². The van der Waals surface area contributed by atoms with E-state index < -0.39 is 0 Å². The van der Waals surface area contributed by atoms with Crippen LogP contribution >= 0.6 is 15.9 Å². The van der Waals surface area contributed by atoms with Crippen LogP contribution in [0.5, 0.6) is 0 Å². The van der Waals surface area contributed by atoms with Crippen molar-refractivity contribution >= 4 is 38.8 Å². The zero-order valence-corrected chi connectivity index (χ0v) is 14.1. The first kappa shape index (κ1) is 15.6. The predicted molar refractivity (Wildman–Crippen MR) is 95.7 cm³/mol. The van der Waals surface area contributed by atoms with Crippen LogP contribution in [0.1, 0.15) is 16.8 Å². The smallest absolute Gasteiger partial charge is 0.251 e. The highest BCUT2D eigenvalue weighted by atomic mass is 79.9. The van der Waals surface area contributed by atoms with Crippen LogP contribution in [0, 0.1) is 0 Å². The molecule has 0 aliphatic heterocycles. The monoisotopic (exact) mass is 372 g/mol. The van der Waals surface area contributed by atoms with Crippen molar-refractivity contribution in [2.45, 2.75) is 6.42 Å². The van der Waals surface area contributed by atoms with E-state index in [-0.39, 0.29) is 5.91 Å². The second-order valence-electron chi connectivity index (χ2n) is 5.15. The molecule has 0 saturated heterocycles. The van der Waals surface area contributed by atoms with Crippen molar-refractivity contribution in [1.29, 1.82) is 0 Å². The Balaban J connectivity index is 1.42. The van der Waals surface area contributed by atoms with Gasteiger partial charge in [0.25, 0.3) is 5.91 Å². The molecule has 0 radical (unpaired) electrons. The molecule has 0 saturated carbocycles. The fourth-order valence-electron chi connectivity index (χ4n) is 2.27. The van der Waals surface area contributed by atoms with Gasteiger partial charge in [-0.2, -0.15) is 0 Å². The van der Waals surface area contributed by atoms with Crippen molar-refractivity contribution in [1.82, 2.24) is 15.3 Å². The van der Waals surface area contributed by atoms with Gasteiger partial charge in [-0.05, 0) is 36.8 Å². The molecule has 0 aliphatic rings. The number of benzene rings is 2. The Kier molecular flexibility index (Phi) is 4.92. The number of aromatic amines is 1. The summed E-state index contributed by atoms with van der Waals surface area (Å²) >= 11 is 3.36. The minimum atomic E-state index is -0.0602. The lowest BCUT2D eigenvalue weighted by Crippen LogP contribution is -2.25. The topological polar surface area (TPSA) is 69.8 Å². The summed E-state index contributed by atoms with van der Waals surface area (Å²) in [5, 5.41) is 6.14. The molecule has 23 heavy (non-hydrogen) atoms. The van der Waals surface area contributed by atoms with Gasteiger partial charge in [-0.25, -0.2) is 4.98 Å². The van der Waals surface area contributed by atoms with Gasteiger partial charge in [0.1, 0.15) is 0 Å². The quantitative estimate of drug-likeness (QED) is 0.579. The van der Waals surface area contributed by atoms with Crippen LogP contribution < -0.4 is 10.6 Å². The number of nitrogens with one attached hydrogen (secondary N) is 3. The number of halogens is 1. The highest BCUT2D eigenvalue weighted by molar-refractivity contribution is 9.10.